The van der Waals surface area contributed by atoms with Gasteiger partial charge in [-0.2, -0.15) is 5.01 Å². The lowest BCUT2D eigenvalue weighted by Gasteiger charge is -2.16. The van der Waals surface area contributed by atoms with Crippen molar-refractivity contribution in [3.63, 3.8) is 0 Å². The van der Waals surface area contributed by atoms with E-state index in [1.165, 1.54) is 7.11 Å². The van der Waals surface area contributed by atoms with Crippen LogP contribution in [0.3, 0.4) is 0 Å². The molecule has 0 aromatic heterocycles. The van der Waals surface area contributed by atoms with Crippen LogP contribution in [0.4, 0.5) is 0 Å². The molecule has 2 aromatic carbocycles. The maximum Gasteiger partial charge on any atom is 0.285 e. The summed E-state index contributed by atoms with van der Waals surface area (Å²) in [6.07, 6.45) is 6.93. The molecule has 10 heteroatoms. The second-order valence-electron chi connectivity index (χ2n) is 6.47. The Morgan fingerprint density at radius 3 is 2.81 bits per heavy atom. The molecule has 0 bridgehead atoms. The number of hydrogen-bond acceptors (Lipinski definition) is 6. The smallest absolute Gasteiger partial charge is 0.285 e. The number of nitrogens with zero attached hydrogens (tertiary/aromatic N) is 1. The number of methoxy groups -OCH3 is 1. The van der Waals surface area contributed by atoms with Crippen LogP contribution in [0.5, 0.6) is 11.5 Å². The van der Waals surface area contributed by atoms with Crippen molar-refractivity contribution in [3.8, 4) is 23.8 Å². The number of carbonyl (C=O) groups is 2. The number of thiocarbonyl (C=S) groups is 1. The highest BCUT2D eigenvalue weighted by Crippen LogP contribution is 2.37. The van der Waals surface area contributed by atoms with E-state index in [2.05, 4.69) is 33.9 Å². The fraction of sp³-hybridized carbons (Fsp3) is 0.136. The Labute approximate surface area is 213 Å². The molecule has 0 spiro atoms. The molecular weight excluding hydrogens is 583 g/mol. The van der Waals surface area contributed by atoms with Crippen LogP contribution in [0, 0.1) is 22.8 Å². The predicted octanol–water partition coefficient (Wildman–Crippen LogP) is 4.82. The Bertz CT molecular complexity index is 1190. The minimum Gasteiger partial charge on any atom is -0.493 e. The largest absolute Gasteiger partial charge is 0.493 e. The zero-order valence-corrected chi connectivity index (χ0v) is 21.4. The number of benzene rings is 2. The number of thioether (sulfide) groups is 1. The van der Waals surface area contributed by atoms with E-state index >= 15 is 0 Å². The predicted molar refractivity (Wildman–Crippen MR) is 139 cm³/mol. The Morgan fingerprint density at radius 2 is 2.16 bits per heavy atom. The normalized spacial score (nSPS) is 14.5. The van der Waals surface area contributed by atoms with Crippen molar-refractivity contribution in [2.24, 2.45) is 0 Å². The topological polar surface area (TPSA) is 67.9 Å². The number of rotatable bonds is 6. The molecule has 164 valence electrons. The molecule has 1 heterocycles. The lowest BCUT2D eigenvalue weighted by Crippen LogP contribution is -2.44. The highest BCUT2D eigenvalue weighted by molar-refractivity contribution is 14.1. The number of terminal acetylenes is 1. The van der Waals surface area contributed by atoms with Crippen molar-refractivity contribution in [1.82, 2.24) is 10.4 Å². The van der Waals surface area contributed by atoms with Crippen LogP contribution in [-0.2, 0) is 4.79 Å². The molecule has 1 saturated heterocycles. The van der Waals surface area contributed by atoms with Gasteiger partial charge in [0.1, 0.15) is 6.61 Å². The Balaban J connectivity index is 1.83. The average molecular weight is 599 g/mol. The second-order valence-corrected chi connectivity index (χ2v) is 9.71. The van der Waals surface area contributed by atoms with E-state index in [0.717, 1.165) is 25.9 Å². The van der Waals surface area contributed by atoms with Gasteiger partial charge < -0.3 is 9.47 Å². The van der Waals surface area contributed by atoms with Gasteiger partial charge in [0.05, 0.1) is 26.2 Å². The van der Waals surface area contributed by atoms with Crippen LogP contribution in [0.25, 0.3) is 6.08 Å². The summed E-state index contributed by atoms with van der Waals surface area (Å²) in [7, 11) is 1.52. The summed E-state index contributed by atoms with van der Waals surface area (Å²) in [6, 6.07) is 8.58. The van der Waals surface area contributed by atoms with Gasteiger partial charge in [-0.1, -0.05) is 35.3 Å². The first kappa shape index (κ1) is 24.4. The van der Waals surface area contributed by atoms with E-state index < -0.39 is 11.8 Å². The summed E-state index contributed by atoms with van der Waals surface area (Å²) in [4.78, 5) is 25.9. The van der Waals surface area contributed by atoms with Crippen LogP contribution in [-0.4, -0.2) is 34.9 Å². The van der Waals surface area contributed by atoms with Crippen LogP contribution in [0.2, 0.25) is 5.02 Å². The van der Waals surface area contributed by atoms with E-state index in [-0.39, 0.29) is 21.5 Å². The summed E-state index contributed by atoms with van der Waals surface area (Å²) in [5.41, 5.74) is 4.40. The lowest BCUT2D eigenvalue weighted by atomic mass is 10.1. The number of aryl methyl sites for hydroxylation is 1. The van der Waals surface area contributed by atoms with Crippen LogP contribution >= 0.6 is 58.2 Å². The zero-order valence-electron chi connectivity index (χ0n) is 16.9. The third kappa shape index (κ3) is 5.38. The summed E-state index contributed by atoms with van der Waals surface area (Å²) < 4.78 is 11.9. The van der Waals surface area contributed by atoms with E-state index in [1.807, 2.05) is 13.0 Å². The molecule has 0 atom stereocenters. The molecule has 0 unspecified atom stereocenters. The van der Waals surface area contributed by atoms with Gasteiger partial charge in [0.25, 0.3) is 11.8 Å². The van der Waals surface area contributed by atoms with Gasteiger partial charge in [0.2, 0.25) is 0 Å². The van der Waals surface area contributed by atoms with Gasteiger partial charge in [-0.15, -0.1) is 6.42 Å². The molecule has 2 amide bonds. The van der Waals surface area contributed by atoms with Crippen LogP contribution in [0.1, 0.15) is 21.5 Å². The third-order valence-electron chi connectivity index (χ3n) is 4.23. The molecule has 1 aliphatic rings. The van der Waals surface area contributed by atoms with Crippen molar-refractivity contribution >= 4 is 80.4 Å². The molecule has 3 rings (SSSR count). The Morgan fingerprint density at radius 1 is 1.41 bits per heavy atom. The summed E-state index contributed by atoms with van der Waals surface area (Å²) in [6.45, 7) is 1.97. The minimum atomic E-state index is -0.529. The summed E-state index contributed by atoms with van der Waals surface area (Å²) in [5.74, 6) is 2.45. The molecular formula is C22H16ClIN2O4S2. The van der Waals surface area contributed by atoms with E-state index in [4.69, 9.17) is 39.7 Å². The average Bonchev–Trinajstić information content (AvgIpc) is 2.99. The number of amides is 2. The van der Waals surface area contributed by atoms with Gasteiger partial charge in [-0.05, 0) is 83.2 Å². The summed E-state index contributed by atoms with van der Waals surface area (Å²) in [5, 5.41) is 1.33. The van der Waals surface area contributed by atoms with Crippen LogP contribution < -0.4 is 14.9 Å². The molecule has 0 aliphatic carbocycles. The van der Waals surface area contributed by atoms with Gasteiger partial charge in [-0.3, -0.25) is 15.0 Å². The second kappa shape index (κ2) is 10.6. The summed E-state index contributed by atoms with van der Waals surface area (Å²) >= 11 is 14.6. The lowest BCUT2D eigenvalue weighted by molar-refractivity contribution is -0.123. The van der Waals surface area contributed by atoms with E-state index in [9.17, 15) is 9.59 Å². The third-order valence-corrected chi connectivity index (χ3v) is 6.64. The molecule has 6 nitrogen and oxygen atoms in total. The highest BCUT2D eigenvalue weighted by Gasteiger charge is 2.34. The minimum absolute atomic E-state index is 0.106. The molecule has 0 saturated carbocycles. The van der Waals surface area contributed by atoms with Crippen molar-refractivity contribution in [2.45, 2.75) is 6.92 Å². The standard InChI is InChI=1S/C22H16ClIN2O4S2/c1-4-7-30-19-16(24)9-13(10-17(19)29-3)11-18-21(28)26(22(31)32-18)25-20(27)14-6-5-12(2)8-15(14)23/h1,5-6,8-11H,7H2,2-3H3,(H,25,27)/b18-11+. The quantitative estimate of drug-likeness (QED) is 0.223. The molecule has 1 aliphatic heterocycles. The molecule has 1 N–H and O–H groups in total. The Hall–Kier alpha value is -2.26. The first-order chi connectivity index (χ1) is 15.2. The molecule has 2 aromatic rings. The number of hydrogen-bond donors (Lipinski definition) is 1. The van der Waals surface area contributed by atoms with Gasteiger partial charge in [0, 0.05) is 0 Å². The van der Waals surface area contributed by atoms with Crippen molar-refractivity contribution in [2.75, 3.05) is 13.7 Å². The fourth-order valence-corrected chi connectivity index (χ4v) is 5.04. The van der Waals surface area contributed by atoms with Gasteiger partial charge in [-0.25, -0.2) is 0 Å². The zero-order chi connectivity index (χ0) is 23.4. The molecule has 32 heavy (non-hydrogen) atoms. The maximum absolute atomic E-state index is 12.9. The van der Waals surface area contributed by atoms with Crippen molar-refractivity contribution in [3.05, 3.63) is 60.5 Å². The molecule has 1 fully saturated rings. The van der Waals surface area contributed by atoms with Gasteiger partial charge in [0.15, 0.2) is 15.8 Å². The molecule has 0 radical (unpaired) electrons. The number of ether oxygens (including phenoxy) is 2. The SMILES string of the molecule is C#CCOc1c(I)cc(/C=C2/SC(=S)N(NC(=O)c3ccc(C)cc3Cl)C2=O)cc1OC. The number of halogens is 2. The fourth-order valence-electron chi connectivity index (χ4n) is 2.76. The van der Waals surface area contributed by atoms with Gasteiger partial charge >= 0.3 is 0 Å². The first-order valence-electron chi connectivity index (χ1n) is 9.04. The highest BCUT2D eigenvalue weighted by atomic mass is 127. The monoisotopic (exact) mass is 598 g/mol. The number of hydrazine groups is 1. The maximum atomic E-state index is 12.9. The number of carbonyl (C=O) groups excluding carboxylic acids is 2. The van der Waals surface area contributed by atoms with Crippen molar-refractivity contribution < 1.29 is 19.1 Å². The Kier molecular flexibility index (Phi) is 8.05. The van der Waals surface area contributed by atoms with Crippen molar-refractivity contribution in [1.29, 1.82) is 0 Å². The number of nitrogens with one attached hydrogen (secondary N) is 1. The van der Waals surface area contributed by atoms with Crippen LogP contribution in [0.15, 0.2) is 35.2 Å². The van der Waals surface area contributed by atoms with E-state index in [1.54, 1.807) is 30.3 Å². The van der Waals surface area contributed by atoms with E-state index in [0.29, 0.717) is 22.0 Å². The first-order valence-corrected chi connectivity index (χ1v) is 11.7.